The van der Waals surface area contributed by atoms with Gasteiger partial charge in [-0.1, -0.05) is 12.1 Å². The van der Waals surface area contributed by atoms with Crippen LogP contribution in [0.1, 0.15) is 10.4 Å². The number of aromatic hydroxyl groups is 3. The van der Waals surface area contributed by atoms with Crippen molar-refractivity contribution in [3.05, 3.63) is 72.3 Å². The van der Waals surface area contributed by atoms with Crippen LogP contribution in [0, 0.1) is 0 Å². The van der Waals surface area contributed by atoms with Crippen LogP contribution in [-0.4, -0.2) is 41.2 Å². The minimum atomic E-state index is -1.05. The van der Waals surface area contributed by atoms with Gasteiger partial charge in [0, 0.05) is 0 Å². The van der Waals surface area contributed by atoms with Gasteiger partial charge in [0.05, 0.1) is 22.4 Å². The summed E-state index contributed by atoms with van der Waals surface area (Å²) < 4.78 is 1.43. The third-order valence-electron chi connectivity index (χ3n) is 4.33. The van der Waals surface area contributed by atoms with Gasteiger partial charge in [0.2, 0.25) is 0 Å². The number of aromatic nitrogens is 3. The first-order valence-electron chi connectivity index (χ1n) is 8.55. The van der Waals surface area contributed by atoms with E-state index in [4.69, 9.17) is 5.11 Å². The van der Waals surface area contributed by atoms with Crippen molar-refractivity contribution < 1.29 is 25.2 Å². The van der Waals surface area contributed by atoms with Crippen LogP contribution in [0.25, 0.3) is 28.5 Å². The number of phenols is 3. The molecular weight excluding hydrogens is 374 g/mol. The normalized spacial score (nSPS) is 10.8. The maximum Gasteiger partial charge on any atom is 0.335 e. The van der Waals surface area contributed by atoms with Crippen LogP contribution < -0.4 is 0 Å². The Morgan fingerprint density at radius 1 is 0.828 bits per heavy atom. The molecule has 0 amide bonds. The smallest absolute Gasteiger partial charge is 0.335 e. The first kappa shape index (κ1) is 18.1. The van der Waals surface area contributed by atoms with E-state index in [1.165, 1.54) is 41.1 Å². The lowest BCUT2D eigenvalue weighted by atomic mass is 10.1. The molecule has 8 heteroatoms. The van der Waals surface area contributed by atoms with E-state index in [9.17, 15) is 20.1 Å². The monoisotopic (exact) mass is 389 g/mol. The Morgan fingerprint density at radius 3 is 2.21 bits per heavy atom. The summed E-state index contributed by atoms with van der Waals surface area (Å²) in [5.74, 6) is -0.853. The summed E-state index contributed by atoms with van der Waals surface area (Å²) in [7, 11) is 0. The van der Waals surface area contributed by atoms with E-state index >= 15 is 0 Å². The highest BCUT2D eigenvalue weighted by Gasteiger charge is 2.19. The van der Waals surface area contributed by atoms with Gasteiger partial charge in [0.25, 0.3) is 0 Å². The molecule has 8 nitrogen and oxygen atoms in total. The van der Waals surface area contributed by atoms with E-state index in [0.29, 0.717) is 11.3 Å². The van der Waals surface area contributed by atoms with Crippen molar-refractivity contribution in [2.45, 2.75) is 0 Å². The fraction of sp³-hybridized carbons (Fsp3) is 0. The van der Waals surface area contributed by atoms with Crippen LogP contribution in [0.3, 0.4) is 0 Å². The van der Waals surface area contributed by atoms with Gasteiger partial charge < -0.3 is 20.4 Å². The van der Waals surface area contributed by atoms with Crippen LogP contribution >= 0.6 is 0 Å². The molecule has 29 heavy (non-hydrogen) atoms. The lowest BCUT2D eigenvalue weighted by Gasteiger charge is -2.07. The van der Waals surface area contributed by atoms with Gasteiger partial charge in [-0.15, -0.1) is 5.10 Å². The van der Waals surface area contributed by atoms with Crippen molar-refractivity contribution in [2.75, 3.05) is 0 Å². The van der Waals surface area contributed by atoms with E-state index in [2.05, 4.69) is 10.1 Å². The van der Waals surface area contributed by atoms with E-state index in [0.717, 1.165) is 0 Å². The van der Waals surface area contributed by atoms with Crippen LogP contribution in [0.2, 0.25) is 0 Å². The predicted octanol–water partition coefficient (Wildman–Crippen LogP) is 3.42. The molecule has 4 aromatic rings. The highest BCUT2D eigenvalue weighted by Crippen LogP contribution is 2.34. The maximum atomic E-state index is 11.1. The second-order valence-corrected chi connectivity index (χ2v) is 6.24. The molecule has 0 bridgehead atoms. The molecule has 4 rings (SSSR count). The van der Waals surface area contributed by atoms with Gasteiger partial charge >= 0.3 is 5.97 Å². The highest BCUT2D eigenvalue weighted by molar-refractivity contribution is 5.87. The topological polar surface area (TPSA) is 129 Å². The molecule has 1 heterocycles. The number of nitrogens with zero attached hydrogens (tertiary/aromatic N) is 3. The molecule has 0 radical (unpaired) electrons. The van der Waals surface area contributed by atoms with Crippen molar-refractivity contribution >= 4 is 5.97 Å². The summed E-state index contributed by atoms with van der Waals surface area (Å²) in [5, 5.41) is 43.7. The lowest BCUT2D eigenvalue weighted by Crippen LogP contribution is -2.02. The Balaban J connectivity index is 1.93. The van der Waals surface area contributed by atoms with Gasteiger partial charge in [-0.05, 0) is 54.6 Å². The van der Waals surface area contributed by atoms with E-state index in [1.807, 2.05) is 0 Å². The zero-order chi connectivity index (χ0) is 20.5. The Morgan fingerprint density at radius 2 is 1.52 bits per heavy atom. The van der Waals surface area contributed by atoms with Crippen molar-refractivity contribution in [2.24, 2.45) is 0 Å². The number of carboxylic acids is 1. The fourth-order valence-electron chi connectivity index (χ4n) is 2.89. The van der Waals surface area contributed by atoms with Crippen molar-refractivity contribution in [1.29, 1.82) is 0 Å². The van der Waals surface area contributed by atoms with Gasteiger partial charge in [-0.2, -0.15) is 0 Å². The van der Waals surface area contributed by atoms with E-state index in [-0.39, 0.29) is 40.0 Å². The van der Waals surface area contributed by atoms with Crippen LogP contribution in [0.15, 0.2) is 66.7 Å². The fourth-order valence-corrected chi connectivity index (χ4v) is 2.89. The number of hydrogen-bond donors (Lipinski definition) is 4. The Kier molecular flexibility index (Phi) is 4.36. The van der Waals surface area contributed by atoms with Crippen molar-refractivity contribution in [1.82, 2.24) is 14.8 Å². The zero-order valence-electron chi connectivity index (χ0n) is 14.9. The summed E-state index contributed by atoms with van der Waals surface area (Å²) in [6.07, 6.45) is 0. The van der Waals surface area contributed by atoms with Gasteiger partial charge in [0.1, 0.15) is 17.2 Å². The Labute approximate surface area is 164 Å². The summed E-state index contributed by atoms with van der Waals surface area (Å²) in [6.45, 7) is 0. The average molecular weight is 389 g/mol. The average Bonchev–Trinajstić information content (AvgIpc) is 3.15. The number of hydrogen-bond acceptors (Lipinski definition) is 6. The number of benzene rings is 3. The molecule has 0 spiro atoms. The van der Waals surface area contributed by atoms with Gasteiger partial charge in [-0.3, -0.25) is 0 Å². The molecular formula is C21H15N3O5. The van der Waals surface area contributed by atoms with Crippen LogP contribution in [0.4, 0.5) is 0 Å². The largest absolute Gasteiger partial charge is 0.508 e. The number of para-hydroxylation sites is 1. The van der Waals surface area contributed by atoms with E-state index in [1.54, 1.807) is 30.3 Å². The molecule has 0 aliphatic carbocycles. The molecule has 3 aromatic carbocycles. The Bertz CT molecular complexity index is 1220. The number of carbonyl (C=O) groups is 1. The summed E-state index contributed by atoms with van der Waals surface area (Å²) in [6, 6.07) is 16.5. The SMILES string of the molecule is O=C(O)c1ccc(-n2nc(-c3cc(O)ccc3O)nc2-c2ccccc2O)cc1. The predicted molar refractivity (Wildman–Crippen MR) is 104 cm³/mol. The van der Waals surface area contributed by atoms with Crippen LogP contribution in [0.5, 0.6) is 17.2 Å². The molecule has 0 aliphatic heterocycles. The van der Waals surface area contributed by atoms with Gasteiger partial charge in [-0.25, -0.2) is 14.5 Å². The number of carboxylic acid groups (broad SMARTS) is 1. The number of phenolic OH excluding ortho intramolecular Hbond substituents is 3. The summed E-state index contributed by atoms with van der Waals surface area (Å²) in [5.41, 5.74) is 1.23. The molecule has 1 aromatic heterocycles. The Hall–Kier alpha value is -4.33. The van der Waals surface area contributed by atoms with Crippen molar-refractivity contribution in [3.63, 3.8) is 0 Å². The standard InChI is InChI=1S/C21H15N3O5/c25-14-9-10-18(27)16(11-14)19-22-20(15-3-1-2-4-17(15)26)24(23-19)13-7-5-12(6-8-13)21(28)29/h1-11,25-27H,(H,28,29). The molecule has 0 saturated carbocycles. The minimum absolute atomic E-state index is 0.0185. The van der Waals surface area contributed by atoms with Crippen LogP contribution in [-0.2, 0) is 0 Å². The van der Waals surface area contributed by atoms with Crippen molar-refractivity contribution in [3.8, 4) is 45.7 Å². The minimum Gasteiger partial charge on any atom is -0.508 e. The first-order valence-corrected chi connectivity index (χ1v) is 8.55. The zero-order valence-corrected chi connectivity index (χ0v) is 14.9. The second-order valence-electron chi connectivity index (χ2n) is 6.24. The summed E-state index contributed by atoms with van der Waals surface area (Å²) >= 11 is 0. The number of rotatable bonds is 4. The molecule has 0 fully saturated rings. The first-order chi connectivity index (χ1) is 13.9. The third-order valence-corrected chi connectivity index (χ3v) is 4.33. The molecule has 0 saturated heterocycles. The summed E-state index contributed by atoms with van der Waals surface area (Å²) in [4.78, 5) is 15.6. The second kappa shape index (κ2) is 7.01. The quantitative estimate of drug-likeness (QED) is 0.394. The molecule has 0 unspecified atom stereocenters. The van der Waals surface area contributed by atoms with Gasteiger partial charge in [0.15, 0.2) is 11.6 Å². The molecule has 144 valence electrons. The number of aromatic carboxylic acids is 1. The third kappa shape index (κ3) is 3.34. The molecule has 4 N–H and O–H groups in total. The lowest BCUT2D eigenvalue weighted by molar-refractivity contribution is 0.0697. The maximum absolute atomic E-state index is 11.1. The van der Waals surface area contributed by atoms with E-state index < -0.39 is 5.97 Å². The highest BCUT2D eigenvalue weighted by atomic mass is 16.4. The molecule has 0 atom stereocenters. The molecule has 0 aliphatic rings.